The second kappa shape index (κ2) is 10.4. The summed E-state index contributed by atoms with van der Waals surface area (Å²) >= 11 is 0. The second-order valence-corrected chi connectivity index (χ2v) is 8.68. The van der Waals surface area contributed by atoms with Crippen LogP contribution in [0.1, 0.15) is 26.7 Å². The van der Waals surface area contributed by atoms with Crippen molar-refractivity contribution in [1.82, 2.24) is 0 Å². The van der Waals surface area contributed by atoms with E-state index < -0.39 is 6.15 Å². The highest BCUT2D eigenvalue weighted by molar-refractivity contribution is 7.19. The Morgan fingerprint density at radius 1 is 0.469 bits per heavy atom. The van der Waals surface area contributed by atoms with Crippen molar-refractivity contribution in [3.63, 3.8) is 0 Å². The Balaban J connectivity index is 1.94. The van der Waals surface area contributed by atoms with Gasteiger partial charge < -0.3 is 4.90 Å². The van der Waals surface area contributed by atoms with Crippen molar-refractivity contribution in [3.05, 3.63) is 115 Å². The van der Waals surface area contributed by atoms with Gasteiger partial charge in [0.15, 0.2) is 0 Å². The first-order chi connectivity index (χ1) is 15.8. The quantitative estimate of drug-likeness (QED) is 0.357. The SMILES string of the molecule is CCCN(CCC)c1ccc([B-](c2ccccc2)(c2ccccc2)c2ccccc2)cc1. The monoisotopic (exact) mass is 418 g/mol. The Bertz CT molecular complexity index is 973. The molecule has 0 bridgehead atoms. The first-order valence-electron chi connectivity index (χ1n) is 12.0. The van der Waals surface area contributed by atoms with E-state index in [2.05, 4.69) is 134 Å². The van der Waals surface area contributed by atoms with Gasteiger partial charge in [-0.2, -0.15) is 21.9 Å². The number of rotatable bonds is 9. The van der Waals surface area contributed by atoms with Crippen molar-refractivity contribution < 1.29 is 0 Å². The minimum Gasteiger partial charge on any atom is -0.372 e. The highest BCUT2D eigenvalue weighted by atomic mass is 15.1. The topological polar surface area (TPSA) is 3.24 Å². The van der Waals surface area contributed by atoms with Crippen molar-refractivity contribution in [2.45, 2.75) is 26.7 Å². The molecule has 4 rings (SSSR count). The average Bonchev–Trinajstić information content (AvgIpc) is 2.87. The lowest BCUT2D eigenvalue weighted by Crippen LogP contribution is -2.74. The van der Waals surface area contributed by atoms with Crippen LogP contribution in [0.15, 0.2) is 115 Å². The number of anilines is 1. The zero-order valence-corrected chi connectivity index (χ0v) is 19.3. The predicted molar refractivity (Wildman–Crippen MR) is 143 cm³/mol. The molecule has 0 unspecified atom stereocenters. The van der Waals surface area contributed by atoms with Gasteiger partial charge in [0.05, 0.1) is 0 Å². The number of hydrogen-bond donors (Lipinski definition) is 0. The van der Waals surface area contributed by atoms with Crippen molar-refractivity contribution in [1.29, 1.82) is 0 Å². The van der Waals surface area contributed by atoms with Gasteiger partial charge in [0, 0.05) is 18.8 Å². The normalized spacial score (nSPS) is 11.3. The number of nitrogens with zero attached hydrogens (tertiary/aromatic N) is 1. The Labute approximate surface area is 193 Å². The van der Waals surface area contributed by atoms with Gasteiger partial charge in [-0.05, 0) is 25.0 Å². The van der Waals surface area contributed by atoms with Crippen molar-refractivity contribution >= 4 is 33.7 Å². The summed E-state index contributed by atoms with van der Waals surface area (Å²) in [6.07, 6.45) is 1.03. The molecule has 0 aromatic heterocycles. The molecule has 0 saturated carbocycles. The maximum absolute atomic E-state index is 2.51. The Kier molecular flexibility index (Phi) is 7.12. The molecule has 0 atom stereocenters. The third kappa shape index (κ3) is 4.23. The Morgan fingerprint density at radius 3 is 1.16 bits per heavy atom. The van der Waals surface area contributed by atoms with Gasteiger partial charge in [0.1, 0.15) is 6.15 Å². The molecule has 4 aromatic carbocycles. The van der Waals surface area contributed by atoms with Crippen LogP contribution in [-0.4, -0.2) is 19.2 Å². The molecule has 0 fully saturated rings. The molecule has 4 aromatic rings. The van der Waals surface area contributed by atoms with Crippen LogP contribution in [0.5, 0.6) is 0 Å². The fourth-order valence-electron chi connectivity index (χ4n) is 5.26. The van der Waals surface area contributed by atoms with Gasteiger partial charge in [-0.1, -0.05) is 117 Å². The van der Waals surface area contributed by atoms with E-state index in [0.29, 0.717) is 0 Å². The lowest BCUT2D eigenvalue weighted by atomic mass is 9.13. The van der Waals surface area contributed by atoms with Crippen molar-refractivity contribution in [2.24, 2.45) is 0 Å². The summed E-state index contributed by atoms with van der Waals surface area (Å²) < 4.78 is 0. The maximum Gasteiger partial charge on any atom is 0.108 e. The summed E-state index contributed by atoms with van der Waals surface area (Å²) in [5.41, 5.74) is 6.70. The molecular weight excluding hydrogens is 385 g/mol. The maximum atomic E-state index is 2.51. The molecule has 0 spiro atoms. The summed E-state index contributed by atoms with van der Waals surface area (Å²) in [4.78, 5) is 2.51. The second-order valence-electron chi connectivity index (χ2n) is 8.68. The summed E-state index contributed by atoms with van der Waals surface area (Å²) in [7, 11) is 0. The third-order valence-electron chi connectivity index (χ3n) is 6.64. The van der Waals surface area contributed by atoms with Gasteiger partial charge in [-0.15, -0.1) is 0 Å². The zero-order valence-electron chi connectivity index (χ0n) is 19.3. The number of benzene rings is 4. The molecule has 0 aliphatic rings. The first kappa shape index (κ1) is 22.0. The molecular formula is C30H33BN-. The molecule has 1 nitrogen and oxygen atoms in total. The first-order valence-corrected chi connectivity index (χ1v) is 12.0. The van der Waals surface area contributed by atoms with E-state index in [1.54, 1.807) is 0 Å². The van der Waals surface area contributed by atoms with Crippen molar-refractivity contribution in [3.8, 4) is 0 Å². The van der Waals surface area contributed by atoms with E-state index in [4.69, 9.17) is 0 Å². The minimum atomic E-state index is -1.29. The van der Waals surface area contributed by atoms with Crippen LogP contribution in [0.25, 0.3) is 0 Å². The molecule has 162 valence electrons. The van der Waals surface area contributed by atoms with Gasteiger partial charge in [-0.3, -0.25) is 0 Å². The molecule has 0 N–H and O–H groups in total. The summed E-state index contributed by atoms with van der Waals surface area (Å²) in [6.45, 7) is 6.70. The fourth-order valence-corrected chi connectivity index (χ4v) is 5.26. The molecule has 0 saturated heterocycles. The standard InChI is InChI=1S/C30H33BN/c1-3-24-32(25-4-2)30-22-20-29(21-23-30)31(26-14-8-5-9-15-26,27-16-10-6-11-17-27)28-18-12-7-13-19-28/h5-23H,3-4,24-25H2,1-2H3/q-1. The highest BCUT2D eigenvalue weighted by Gasteiger charge is 2.31. The van der Waals surface area contributed by atoms with Crippen LogP contribution in [0.2, 0.25) is 0 Å². The van der Waals surface area contributed by atoms with Crippen molar-refractivity contribution in [2.75, 3.05) is 18.0 Å². The summed E-state index contributed by atoms with van der Waals surface area (Å²) in [5.74, 6) is 0. The molecule has 0 aliphatic carbocycles. The van der Waals surface area contributed by atoms with E-state index >= 15 is 0 Å². The zero-order chi connectivity index (χ0) is 22.2. The van der Waals surface area contributed by atoms with E-state index in [1.165, 1.54) is 27.5 Å². The molecule has 32 heavy (non-hydrogen) atoms. The van der Waals surface area contributed by atoms with E-state index in [9.17, 15) is 0 Å². The van der Waals surface area contributed by atoms with Crippen LogP contribution in [-0.2, 0) is 0 Å². The van der Waals surface area contributed by atoms with E-state index in [0.717, 1.165) is 25.9 Å². The molecule has 0 aliphatic heterocycles. The Morgan fingerprint density at radius 2 is 0.812 bits per heavy atom. The smallest absolute Gasteiger partial charge is 0.108 e. The predicted octanol–water partition coefficient (Wildman–Crippen LogP) is 4.69. The molecule has 0 amide bonds. The van der Waals surface area contributed by atoms with Gasteiger partial charge >= 0.3 is 0 Å². The lowest BCUT2D eigenvalue weighted by molar-refractivity contribution is 0.745. The highest BCUT2D eigenvalue weighted by Crippen LogP contribution is 2.16. The third-order valence-corrected chi connectivity index (χ3v) is 6.64. The summed E-state index contributed by atoms with van der Waals surface area (Å²) in [6, 6.07) is 42.4. The lowest BCUT2D eigenvalue weighted by Gasteiger charge is -2.44. The van der Waals surface area contributed by atoms with Crippen LogP contribution in [0.3, 0.4) is 0 Å². The molecule has 0 radical (unpaired) electrons. The Hall–Kier alpha value is -3.26. The molecule has 2 heteroatoms. The number of hydrogen-bond acceptors (Lipinski definition) is 1. The fraction of sp³-hybridized carbons (Fsp3) is 0.200. The van der Waals surface area contributed by atoms with Gasteiger partial charge in [0.2, 0.25) is 0 Å². The summed E-state index contributed by atoms with van der Waals surface area (Å²) in [5, 5.41) is 0. The van der Waals surface area contributed by atoms with Crippen LogP contribution >= 0.6 is 0 Å². The molecule has 0 heterocycles. The van der Waals surface area contributed by atoms with Gasteiger partial charge in [0.25, 0.3) is 0 Å². The van der Waals surface area contributed by atoms with E-state index in [-0.39, 0.29) is 0 Å². The van der Waals surface area contributed by atoms with E-state index in [1.807, 2.05) is 0 Å². The minimum absolute atomic E-state index is 1.10. The van der Waals surface area contributed by atoms with Crippen LogP contribution < -0.4 is 26.8 Å². The largest absolute Gasteiger partial charge is 0.372 e. The van der Waals surface area contributed by atoms with Crippen LogP contribution in [0, 0.1) is 0 Å². The van der Waals surface area contributed by atoms with Gasteiger partial charge in [-0.25, -0.2) is 0 Å². The average molecular weight is 418 g/mol. The van der Waals surface area contributed by atoms with Crippen LogP contribution in [0.4, 0.5) is 5.69 Å².